The first kappa shape index (κ1) is 15.8. The Labute approximate surface area is 133 Å². The maximum absolute atomic E-state index is 11.7. The van der Waals surface area contributed by atoms with Crippen molar-refractivity contribution in [1.82, 2.24) is 4.98 Å². The van der Waals surface area contributed by atoms with Crippen LogP contribution in [0.25, 0.3) is 0 Å². The number of benzene rings is 1. The van der Waals surface area contributed by atoms with Crippen molar-refractivity contribution >= 4 is 43.0 Å². The number of nitrogens with zero attached hydrogens (tertiary/aromatic N) is 2. The molecule has 110 valence electrons. The zero-order valence-electron chi connectivity index (χ0n) is 11.6. The Morgan fingerprint density at radius 2 is 2.19 bits per heavy atom. The van der Waals surface area contributed by atoms with Crippen LogP contribution >= 0.6 is 11.6 Å². The molecule has 1 N–H and O–H groups in total. The molecule has 2 aromatic rings. The average Bonchev–Trinajstić information content (AvgIpc) is 2.82. The zero-order chi connectivity index (χ0) is 15.2. The molecule has 0 amide bonds. The van der Waals surface area contributed by atoms with E-state index < -0.39 is 0 Å². The number of halogens is 1. The molecule has 0 aliphatic rings. The van der Waals surface area contributed by atoms with Crippen LogP contribution in [0.1, 0.15) is 27.4 Å². The molecular weight excluding hydrogens is 357 g/mol. The Balaban J connectivity index is 2.02. The van der Waals surface area contributed by atoms with Gasteiger partial charge in [0.25, 0.3) is 0 Å². The topological polar surface area (TPSA) is 63.6 Å². The van der Waals surface area contributed by atoms with Crippen LogP contribution in [0.3, 0.4) is 0 Å². The number of anilines is 1. The van der Waals surface area contributed by atoms with Crippen molar-refractivity contribution < 1.29 is 9.53 Å². The van der Waals surface area contributed by atoms with Gasteiger partial charge in [-0.2, -0.15) is 0 Å². The number of aromatic nitrogens is 1. The van der Waals surface area contributed by atoms with Crippen LogP contribution in [0, 0.1) is 6.92 Å². The van der Waals surface area contributed by atoms with Crippen LogP contribution in [-0.4, -0.2) is 38.3 Å². The summed E-state index contributed by atoms with van der Waals surface area (Å²) in [5.74, 6) is -0.294. The van der Waals surface area contributed by atoms with Crippen LogP contribution in [0.2, 0.25) is 5.02 Å². The van der Waals surface area contributed by atoms with E-state index in [9.17, 15) is 4.79 Å². The van der Waals surface area contributed by atoms with E-state index in [0.717, 1.165) is 5.56 Å². The van der Waals surface area contributed by atoms with E-state index in [-0.39, 0.29) is 20.5 Å². The molecule has 0 fully saturated rings. The van der Waals surface area contributed by atoms with Crippen molar-refractivity contribution in [3.05, 3.63) is 45.0 Å². The molecule has 1 aromatic heterocycles. The normalized spacial score (nSPS) is 10.8. The summed E-state index contributed by atoms with van der Waals surface area (Å²) in [4.78, 5) is 16.0. The van der Waals surface area contributed by atoms with E-state index in [2.05, 4.69) is 15.5 Å². The Morgan fingerprint density at radius 3 is 2.86 bits per heavy atom. The van der Waals surface area contributed by atoms with Gasteiger partial charge in [0.05, 0.1) is 0 Å². The molecule has 0 bridgehead atoms. The molecule has 21 heavy (non-hydrogen) atoms. The monoisotopic (exact) mass is 371 g/mol. The fraction of sp³-hybridized carbons (Fsp3) is 0.214. The maximum atomic E-state index is 11.7. The van der Waals surface area contributed by atoms with Gasteiger partial charge in [0, 0.05) is 0 Å². The molecular formula is C14H14ClN3O2Se. The van der Waals surface area contributed by atoms with Crippen LogP contribution in [0.15, 0.2) is 29.4 Å². The van der Waals surface area contributed by atoms with Crippen LogP contribution in [-0.2, 0) is 4.74 Å². The third-order valence-electron chi connectivity index (χ3n) is 2.50. The molecule has 1 aromatic carbocycles. The summed E-state index contributed by atoms with van der Waals surface area (Å²) in [7, 11) is 0. The molecule has 0 radical (unpaired) electrons. The van der Waals surface area contributed by atoms with Crippen molar-refractivity contribution in [2.75, 3.05) is 12.0 Å². The zero-order valence-corrected chi connectivity index (χ0v) is 14.1. The molecule has 0 saturated heterocycles. The van der Waals surface area contributed by atoms with Gasteiger partial charge in [-0.05, 0) is 0 Å². The molecule has 2 rings (SSSR count). The number of hydrogen-bond donors (Lipinski definition) is 1. The Bertz CT molecular complexity index is 653. The second-order valence-electron chi connectivity index (χ2n) is 4.08. The summed E-state index contributed by atoms with van der Waals surface area (Å²) in [6, 6.07) is 7.32. The summed E-state index contributed by atoms with van der Waals surface area (Å²) in [6.07, 6.45) is 1.67. The minimum absolute atomic E-state index is 0.201. The summed E-state index contributed by atoms with van der Waals surface area (Å²) in [5.41, 5.74) is 4.48. The molecule has 0 aliphatic carbocycles. The van der Waals surface area contributed by atoms with E-state index in [1.165, 1.54) is 0 Å². The second-order valence-corrected chi connectivity index (χ2v) is 6.61. The molecule has 5 nitrogen and oxygen atoms in total. The molecule has 0 saturated carbocycles. The Kier molecular flexibility index (Phi) is 5.56. The van der Waals surface area contributed by atoms with Crippen LogP contribution in [0.5, 0.6) is 0 Å². The second kappa shape index (κ2) is 7.41. The third kappa shape index (κ3) is 4.43. The van der Waals surface area contributed by atoms with Crippen molar-refractivity contribution in [3.63, 3.8) is 0 Å². The number of ether oxygens (including phenoxy) is 1. The quantitative estimate of drug-likeness (QED) is 0.380. The Morgan fingerprint density at radius 1 is 1.48 bits per heavy atom. The first-order valence-corrected chi connectivity index (χ1v) is 8.38. The van der Waals surface area contributed by atoms with E-state index in [0.29, 0.717) is 26.5 Å². The summed E-state index contributed by atoms with van der Waals surface area (Å²) >= 11 is 5.61. The Hall–Kier alpha value is -1.62. The molecule has 0 spiro atoms. The first-order chi connectivity index (χ1) is 10.1. The summed E-state index contributed by atoms with van der Waals surface area (Å²) in [6.45, 7) is 3.95. The summed E-state index contributed by atoms with van der Waals surface area (Å²) < 4.78 is 6.32. The third-order valence-corrected chi connectivity index (χ3v) is 4.94. The SMILES string of the molecule is CCOC(=O)c1[se]c(N/N=C/c2ccc(Cl)cc2)nc1C. The van der Waals surface area contributed by atoms with E-state index in [4.69, 9.17) is 16.3 Å². The van der Waals surface area contributed by atoms with Gasteiger partial charge in [0.2, 0.25) is 0 Å². The first-order valence-electron chi connectivity index (χ1n) is 6.29. The van der Waals surface area contributed by atoms with Crippen LogP contribution < -0.4 is 5.43 Å². The number of esters is 1. The molecule has 0 unspecified atom stereocenters. The number of aryl methyl sites for hydroxylation is 1. The van der Waals surface area contributed by atoms with Gasteiger partial charge in [-0.3, -0.25) is 0 Å². The number of nitrogens with one attached hydrogen (secondary N) is 1. The number of hydrazone groups is 1. The van der Waals surface area contributed by atoms with E-state index in [1.54, 1.807) is 32.2 Å². The molecule has 7 heteroatoms. The van der Waals surface area contributed by atoms with Gasteiger partial charge < -0.3 is 0 Å². The van der Waals surface area contributed by atoms with Crippen molar-refractivity contribution in [2.24, 2.45) is 5.10 Å². The fourth-order valence-corrected chi connectivity index (χ4v) is 3.37. The number of carbonyl (C=O) groups excluding carboxylic acids is 1. The average molecular weight is 371 g/mol. The standard InChI is InChI=1S/C14H14ClN3O2Se/c1-3-20-13(19)12-9(2)17-14(21-12)18-16-8-10-4-6-11(15)7-5-10/h4-8H,3H2,1-2H3,(H,17,18)/b16-8+. The van der Waals surface area contributed by atoms with Crippen LogP contribution in [0.4, 0.5) is 4.69 Å². The van der Waals surface area contributed by atoms with Gasteiger partial charge >= 0.3 is 133 Å². The van der Waals surface area contributed by atoms with Gasteiger partial charge in [0.15, 0.2) is 0 Å². The van der Waals surface area contributed by atoms with Gasteiger partial charge in [0.1, 0.15) is 0 Å². The van der Waals surface area contributed by atoms with Crippen molar-refractivity contribution in [2.45, 2.75) is 13.8 Å². The van der Waals surface area contributed by atoms with E-state index in [1.807, 2.05) is 12.1 Å². The van der Waals surface area contributed by atoms with Crippen molar-refractivity contribution in [1.29, 1.82) is 0 Å². The number of hydrogen-bond acceptors (Lipinski definition) is 5. The molecule has 0 aliphatic heterocycles. The molecule has 0 atom stereocenters. The predicted octanol–water partition coefficient (Wildman–Crippen LogP) is 2.72. The number of rotatable bonds is 5. The molecule has 1 heterocycles. The predicted molar refractivity (Wildman–Crippen MR) is 84.5 cm³/mol. The minimum atomic E-state index is -0.294. The number of carbonyl (C=O) groups is 1. The van der Waals surface area contributed by atoms with Gasteiger partial charge in [-0.25, -0.2) is 0 Å². The van der Waals surface area contributed by atoms with Crippen molar-refractivity contribution in [3.8, 4) is 0 Å². The summed E-state index contributed by atoms with van der Waals surface area (Å²) in [5, 5.41) is 4.80. The van der Waals surface area contributed by atoms with Gasteiger partial charge in [-0.15, -0.1) is 0 Å². The van der Waals surface area contributed by atoms with Gasteiger partial charge in [-0.1, -0.05) is 0 Å². The fourth-order valence-electron chi connectivity index (χ4n) is 1.54. The van der Waals surface area contributed by atoms with E-state index >= 15 is 0 Å².